The summed E-state index contributed by atoms with van der Waals surface area (Å²) in [6, 6.07) is 16.2. The van der Waals surface area contributed by atoms with Crippen molar-refractivity contribution in [3.05, 3.63) is 64.9 Å². The Balaban J connectivity index is 2.09. The van der Waals surface area contributed by atoms with E-state index < -0.39 is 0 Å². The van der Waals surface area contributed by atoms with Crippen molar-refractivity contribution in [1.82, 2.24) is 9.55 Å². The van der Waals surface area contributed by atoms with Gasteiger partial charge in [-0.05, 0) is 30.3 Å². The average molecular weight is 286 g/mol. The summed E-state index contributed by atoms with van der Waals surface area (Å²) in [6.07, 6.45) is 0.763. The molecule has 2 aromatic carbocycles. The first-order chi connectivity index (χ1) is 9.78. The number of aromatic nitrogens is 2. The first-order valence-corrected chi connectivity index (χ1v) is 7.04. The summed E-state index contributed by atoms with van der Waals surface area (Å²) >= 11 is 6.04. The van der Waals surface area contributed by atoms with E-state index in [1.165, 1.54) is 5.56 Å². The lowest BCUT2D eigenvalue weighted by atomic mass is 10.2. The predicted molar refractivity (Wildman–Crippen MR) is 83.0 cm³/mol. The summed E-state index contributed by atoms with van der Waals surface area (Å²) in [5.41, 5.74) is 8.97. The zero-order valence-corrected chi connectivity index (χ0v) is 11.8. The summed E-state index contributed by atoms with van der Waals surface area (Å²) in [5, 5.41) is 0.709. The highest BCUT2D eigenvalue weighted by Gasteiger charge is 2.10. The van der Waals surface area contributed by atoms with Crippen molar-refractivity contribution in [2.75, 3.05) is 6.54 Å². The molecule has 0 amide bonds. The van der Waals surface area contributed by atoms with Gasteiger partial charge in [0.15, 0.2) is 0 Å². The number of halogens is 1. The Kier molecular flexibility index (Phi) is 3.72. The summed E-state index contributed by atoms with van der Waals surface area (Å²) < 4.78 is 2.22. The van der Waals surface area contributed by atoms with Crippen molar-refractivity contribution in [3.8, 4) is 0 Å². The van der Waals surface area contributed by atoms with Crippen LogP contribution in [0.4, 0.5) is 0 Å². The van der Waals surface area contributed by atoms with Gasteiger partial charge in [-0.2, -0.15) is 0 Å². The molecule has 0 unspecified atom stereocenters. The van der Waals surface area contributed by atoms with Gasteiger partial charge in [-0.25, -0.2) is 4.98 Å². The molecular weight excluding hydrogens is 270 g/mol. The third-order valence-corrected chi connectivity index (χ3v) is 3.58. The molecule has 1 heterocycles. The molecule has 0 aliphatic carbocycles. The third kappa shape index (κ3) is 2.55. The smallest absolute Gasteiger partial charge is 0.111 e. The van der Waals surface area contributed by atoms with Gasteiger partial charge >= 0.3 is 0 Å². The van der Waals surface area contributed by atoms with Gasteiger partial charge in [0, 0.05) is 18.0 Å². The number of imidazole rings is 1. The van der Waals surface area contributed by atoms with Gasteiger partial charge in [-0.1, -0.05) is 41.9 Å². The maximum Gasteiger partial charge on any atom is 0.111 e. The van der Waals surface area contributed by atoms with Crippen LogP contribution in [0.2, 0.25) is 5.02 Å². The Bertz CT molecular complexity index is 719. The van der Waals surface area contributed by atoms with Crippen LogP contribution < -0.4 is 5.73 Å². The second-order valence-corrected chi connectivity index (χ2v) is 5.21. The van der Waals surface area contributed by atoms with E-state index in [1.54, 1.807) is 0 Å². The van der Waals surface area contributed by atoms with E-state index >= 15 is 0 Å². The molecule has 20 heavy (non-hydrogen) atoms. The van der Waals surface area contributed by atoms with Crippen LogP contribution in [0.15, 0.2) is 48.5 Å². The summed E-state index contributed by atoms with van der Waals surface area (Å²) in [6.45, 7) is 1.39. The van der Waals surface area contributed by atoms with Gasteiger partial charge in [0.1, 0.15) is 5.82 Å². The molecule has 0 saturated carbocycles. The number of hydrogen-bond acceptors (Lipinski definition) is 2. The molecule has 0 bridgehead atoms. The molecule has 102 valence electrons. The number of nitrogens with two attached hydrogens (primary N) is 1. The van der Waals surface area contributed by atoms with Crippen LogP contribution >= 0.6 is 11.6 Å². The van der Waals surface area contributed by atoms with Gasteiger partial charge in [0.05, 0.1) is 11.0 Å². The van der Waals surface area contributed by atoms with Crippen molar-refractivity contribution in [1.29, 1.82) is 0 Å². The highest BCUT2D eigenvalue weighted by Crippen LogP contribution is 2.22. The minimum absolute atomic E-state index is 0.589. The zero-order valence-electron chi connectivity index (χ0n) is 11.1. The lowest BCUT2D eigenvalue weighted by Gasteiger charge is -2.09. The number of benzene rings is 2. The topological polar surface area (TPSA) is 43.8 Å². The Morgan fingerprint density at radius 3 is 2.65 bits per heavy atom. The van der Waals surface area contributed by atoms with E-state index in [1.807, 2.05) is 36.4 Å². The van der Waals surface area contributed by atoms with Crippen LogP contribution in [0.3, 0.4) is 0 Å². The zero-order chi connectivity index (χ0) is 13.9. The molecule has 3 nitrogen and oxygen atoms in total. The van der Waals surface area contributed by atoms with E-state index in [2.05, 4.69) is 21.7 Å². The number of fused-ring (bicyclic) bond motifs is 1. The summed E-state index contributed by atoms with van der Waals surface area (Å²) in [7, 11) is 0. The molecule has 0 saturated heterocycles. The second-order valence-electron chi connectivity index (χ2n) is 4.77. The molecule has 0 fully saturated rings. The highest BCUT2D eigenvalue weighted by atomic mass is 35.5. The molecule has 0 aliphatic rings. The van der Waals surface area contributed by atoms with Gasteiger partial charge in [-0.15, -0.1) is 0 Å². The standard InChI is InChI=1S/C16H16ClN3/c17-13-6-7-15-14(10-13)19-16(8-9-18)20(15)11-12-4-2-1-3-5-12/h1-7,10H,8-9,11,18H2. The number of rotatable bonds is 4. The fourth-order valence-corrected chi connectivity index (χ4v) is 2.58. The average Bonchev–Trinajstić information content (AvgIpc) is 2.77. The molecule has 2 N–H and O–H groups in total. The minimum atomic E-state index is 0.589. The summed E-state index contributed by atoms with van der Waals surface area (Å²) in [4.78, 5) is 4.66. The van der Waals surface area contributed by atoms with Crippen molar-refractivity contribution in [3.63, 3.8) is 0 Å². The van der Waals surface area contributed by atoms with Gasteiger partial charge in [0.2, 0.25) is 0 Å². The molecule has 3 rings (SSSR count). The monoisotopic (exact) mass is 285 g/mol. The van der Waals surface area contributed by atoms with Gasteiger partial charge < -0.3 is 10.3 Å². The lowest BCUT2D eigenvalue weighted by Crippen LogP contribution is -2.10. The van der Waals surface area contributed by atoms with Crippen LogP contribution in [0.25, 0.3) is 11.0 Å². The van der Waals surface area contributed by atoms with E-state index in [9.17, 15) is 0 Å². The van der Waals surface area contributed by atoms with Crippen molar-refractivity contribution < 1.29 is 0 Å². The first-order valence-electron chi connectivity index (χ1n) is 6.66. The maximum atomic E-state index is 6.04. The van der Waals surface area contributed by atoms with Crippen LogP contribution in [0.5, 0.6) is 0 Å². The van der Waals surface area contributed by atoms with Crippen molar-refractivity contribution in [2.24, 2.45) is 5.73 Å². The highest BCUT2D eigenvalue weighted by molar-refractivity contribution is 6.31. The largest absolute Gasteiger partial charge is 0.330 e. The molecule has 4 heteroatoms. The normalized spacial score (nSPS) is 11.1. The molecular formula is C16H16ClN3. The van der Waals surface area contributed by atoms with Gasteiger partial charge in [0.25, 0.3) is 0 Å². The SMILES string of the molecule is NCCc1nc2cc(Cl)ccc2n1Cc1ccccc1. The van der Waals surface area contributed by atoms with Crippen molar-refractivity contribution >= 4 is 22.6 Å². The second kappa shape index (κ2) is 5.65. The van der Waals surface area contributed by atoms with Crippen LogP contribution in [0, 0.1) is 0 Å². The molecule has 0 spiro atoms. The maximum absolute atomic E-state index is 6.04. The Hall–Kier alpha value is -1.84. The fraction of sp³-hybridized carbons (Fsp3) is 0.188. The summed E-state index contributed by atoms with van der Waals surface area (Å²) in [5.74, 6) is 1.01. The molecule has 0 atom stereocenters. The molecule has 1 aromatic heterocycles. The van der Waals surface area contributed by atoms with E-state index in [0.29, 0.717) is 11.6 Å². The van der Waals surface area contributed by atoms with Crippen LogP contribution in [-0.2, 0) is 13.0 Å². The van der Waals surface area contributed by atoms with E-state index in [4.69, 9.17) is 17.3 Å². The third-order valence-electron chi connectivity index (χ3n) is 3.34. The number of nitrogens with zero attached hydrogens (tertiary/aromatic N) is 2. The Morgan fingerprint density at radius 1 is 1.10 bits per heavy atom. The predicted octanol–water partition coefficient (Wildman–Crippen LogP) is 3.24. The van der Waals surface area contributed by atoms with E-state index in [-0.39, 0.29) is 0 Å². The lowest BCUT2D eigenvalue weighted by molar-refractivity contribution is 0.735. The van der Waals surface area contributed by atoms with E-state index in [0.717, 1.165) is 29.8 Å². The van der Waals surface area contributed by atoms with Crippen molar-refractivity contribution in [2.45, 2.75) is 13.0 Å². The fourth-order valence-electron chi connectivity index (χ4n) is 2.42. The minimum Gasteiger partial charge on any atom is -0.330 e. The number of hydrogen-bond donors (Lipinski definition) is 1. The van der Waals surface area contributed by atoms with Crippen LogP contribution in [0.1, 0.15) is 11.4 Å². The van der Waals surface area contributed by atoms with Gasteiger partial charge in [-0.3, -0.25) is 0 Å². The van der Waals surface area contributed by atoms with Crippen LogP contribution in [-0.4, -0.2) is 16.1 Å². The quantitative estimate of drug-likeness (QED) is 0.800. The Labute approximate surface area is 123 Å². The Morgan fingerprint density at radius 2 is 1.90 bits per heavy atom. The first kappa shape index (κ1) is 13.2. The molecule has 3 aromatic rings. The molecule has 0 aliphatic heterocycles. The molecule has 0 radical (unpaired) electrons.